The first-order valence-corrected chi connectivity index (χ1v) is 14.1. The normalized spacial score (nSPS) is 30.0. The molecule has 0 unspecified atom stereocenters. The number of rotatable bonds is 4. The summed E-state index contributed by atoms with van der Waals surface area (Å²) in [4.78, 5) is -0.0375. The summed E-state index contributed by atoms with van der Waals surface area (Å²) in [5.74, 6) is -1.92. The Morgan fingerprint density at radius 2 is 1.76 bits per heavy atom. The van der Waals surface area contributed by atoms with Crippen LogP contribution in [0.3, 0.4) is 0 Å². The SMILES string of the molecule is O=S1(=O)N[C@H]2CC[C@@](c3cc(F)ccc3F)(S(=O)(=O)c3ccc(Cl)cc3)C[C@H]2CN1C1CC1. The van der Waals surface area contributed by atoms with E-state index in [2.05, 4.69) is 4.72 Å². The molecule has 2 aromatic carbocycles. The van der Waals surface area contributed by atoms with Crippen LogP contribution in [-0.4, -0.2) is 39.8 Å². The maximum Gasteiger partial charge on any atom is 0.279 e. The third-order valence-corrected chi connectivity index (χ3v) is 11.5. The van der Waals surface area contributed by atoms with Gasteiger partial charge in [-0.05, 0) is 80.5 Å². The Labute approximate surface area is 197 Å². The van der Waals surface area contributed by atoms with E-state index in [-0.39, 0.29) is 48.2 Å². The van der Waals surface area contributed by atoms with Crippen LogP contribution in [0.1, 0.15) is 37.7 Å². The van der Waals surface area contributed by atoms with Gasteiger partial charge >= 0.3 is 0 Å². The lowest BCUT2D eigenvalue weighted by molar-refractivity contribution is 0.172. The maximum absolute atomic E-state index is 15.1. The molecular formula is C22H23ClF2N2O4S2. The molecule has 1 heterocycles. The van der Waals surface area contributed by atoms with Crippen molar-refractivity contribution in [2.24, 2.45) is 5.92 Å². The highest BCUT2D eigenvalue weighted by molar-refractivity contribution is 7.92. The van der Waals surface area contributed by atoms with E-state index < -0.39 is 42.5 Å². The summed E-state index contributed by atoms with van der Waals surface area (Å²) >= 11 is 5.94. The van der Waals surface area contributed by atoms with Gasteiger partial charge in [-0.1, -0.05) is 11.6 Å². The van der Waals surface area contributed by atoms with E-state index in [0.29, 0.717) is 5.02 Å². The molecule has 0 spiro atoms. The Balaban J connectivity index is 1.63. The van der Waals surface area contributed by atoms with Crippen LogP contribution >= 0.6 is 11.6 Å². The smallest absolute Gasteiger partial charge is 0.223 e. The molecule has 178 valence electrons. The zero-order chi connectivity index (χ0) is 23.6. The first-order chi connectivity index (χ1) is 15.5. The Bertz CT molecular complexity index is 1300. The summed E-state index contributed by atoms with van der Waals surface area (Å²) in [6, 6.07) is 7.90. The second-order valence-electron chi connectivity index (χ2n) is 9.11. The first kappa shape index (κ1) is 23.2. The average molecular weight is 517 g/mol. The minimum Gasteiger partial charge on any atom is -0.223 e. The number of benzene rings is 2. The highest BCUT2D eigenvalue weighted by Gasteiger charge is 2.56. The van der Waals surface area contributed by atoms with Gasteiger partial charge in [0.25, 0.3) is 10.2 Å². The lowest BCUT2D eigenvalue weighted by atomic mass is 9.74. The topological polar surface area (TPSA) is 83.5 Å². The maximum atomic E-state index is 15.1. The number of fused-ring (bicyclic) bond motifs is 1. The Kier molecular flexibility index (Phi) is 5.60. The minimum atomic E-state index is -4.20. The number of hydrogen-bond donors (Lipinski definition) is 1. The van der Waals surface area contributed by atoms with Crippen molar-refractivity contribution in [3.05, 3.63) is 64.7 Å². The van der Waals surface area contributed by atoms with Gasteiger partial charge in [0.2, 0.25) is 0 Å². The Morgan fingerprint density at radius 1 is 1.06 bits per heavy atom. The molecular weight excluding hydrogens is 494 g/mol. The average Bonchev–Trinajstić information content (AvgIpc) is 3.59. The van der Waals surface area contributed by atoms with Gasteiger partial charge in [0.1, 0.15) is 16.4 Å². The summed E-state index contributed by atoms with van der Waals surface area (Å²) in [6.45, 7) is 0.152. The molecule has 0 radical (unpaired) electrons. The van der Waals surface area contributed by atoms with Crippen molar-refractivity contribution in [1.29, 1.82) is 0 Å². The molecule has 0 bridgehead atoms. The lowest BCUT2D eigenvalue weighted by Gasteiger charge is -2.48. The zero-order valence-electron chi connectivity index (χ0n) is 17.5. The molecule has 2 aliphatic carbocycles. The van der Waals surface area contributed by atoms with Crippen molar-refractivity contribution in [1.82, 2.24) is 9.03 Å². The standard InChI is InChI=1S/C22H23ClF2N2O4S2/c23-15-1-6-18(7-2-15)32(28,29)22(19-11-16(24)3-8-20(19)25)10-9-21-14(12-22)13-27(17-4-5-17)33(30,31)26-21/h1-3,6-8,11,14,17,21,26H,4-5,9-10,12-13H2/t14-,21-,22+/m0/s1. The van der Waals surface area contributed by atoms with E-state index in [1.54, 1.807) is 0 Å². The van der Waals surface area contributed by atoms with Gasteiger partial charge in [0.15, 0.2) is 9.84 Å². The Hall–Kier alpha value is -1.59. The highest BCUT2D eigenvalue weighted by atomic mass is 35.5. The van der Waals surface area contributed by atoms with E-state index in [1.807, 2.05) is 0 Å². The van der Waals surface area contributed by atoms with Crippen LogP contribution in [0.2, 0.25) is 5.02 Å². The van der Waals surface area contributed by atoms with E-state index >= 15 is 4.39 Å². The van der Waals surface area contributed by atoms with Crippen LogP contribution < -0.4 is 4.72 Å². The molecule has 1 N–H and O–H groups in total. The van der Waals surface area contributed by atoms with Gasteiger partial charge in [0.05, 0.1) is 4.90 Å². The second-order valence-corrected chi connectivity index (χ2v) is 13.5. The van der Waals surface area contributed by atoms with Crippen molar-refractivity contribution in [3.8, 4) is 0 Å². The van der Waals surface area contributed by atoms with Crippen molar-refractivity contribution >= 4 is 31.6 Å². The van der Waals surface area contributed by atoms with Crippen LogP contribution in [-0.2, 0) is 24.8 Å². The highest BCUT2D eigenvalue weighted by Crippen LogP contribution is 2.51. The fraction of sp³-hybridized carbons (Fsp3) is 0.455. The molecule has 2 saturated carbocycles. The molecule has 3 fully saturated rings. The minimum absolute atomic E-state index is 0.0330. The predicted octanol–water partition coefficient (Wildman–Crippen LogP) is 3.77. The van der Waals surface area contributed by atoms with Crippen molar-refractivity contribution < 1.29 is 25.6 Å². The monoisotopic (exact) mass is 516 g/mol. The number of hydrogen-bond acceptors (Lipinski definition) is 4. The van der Waals surface area contributed by atoms with Crippen LogP contribution in [0.25, 0.3) is 0 Å². The Morgan fingerprint density at radius 3 is 2.42 bits per heavy atom. The van der Waals surface area contributed by atoms with Gasteiger partial charge in [-0.2, -0.15) is 17.4 Å². The van der Waals surface area contributed by atoms with Crippen molar-refractivity contribution in [2.45, 2.75) is 53.8 Å². The fourth-order valence-electron chi connectivity index (χ4n) is 5.25. The summed E-state index contributed by atoms with van der Waals surface area (Å²) in [7, 11) is -7.85. The van der Waals surface area contributed by atoms with E-state index in [9.17, 15) is 21.2 Å². The molecule has 6 nitrogen and oxygen atoms in total. The van der Waals surface area contributed by atoms with Gasteiger partial charge < -0.3 is 0 Å². The summed E-state index contributed by atoms with van der Waals surface area (Å²) < 4.78 is 85.1. The van der Waals surface area contributed by atoms with E-state index in [0.717, 1.165) is 31.0 Å². The largest absolute Gasteiger partial charge is 0.279 e. The third kappa shape index (κ3) is 3.89. The molecule has 11 heteroatoms. The molecule has 5 rings (SSSR count). The van der Waals surface area contributed by atoms with Gasteiger partial charge in [0, 0.05) is 29.2 Å². The van der Waals surface area contributed by atoms with Gasteiger partial charge in [-0.3, -0.25) is 0 Å². The summed E-state index contributed by atoms with van der Waals surface area (Å²) in [6.07, 6.45) is 1.61. The predicted molar refractivity (Wildman–Crippen MR) is 120 cm³/mol. The van der Waals surface area contributed by atoms with Crippen molar-refractivity contribution in [3.63, 3.8) is 0 Å². The summed E-state index contributed by atoms with van der Waals surface area (Å²) in [5.41, 5.74) is -0.220. The molecule has 33 heavy (non-hydrogen) atoms. The van der Waals surface area contributed by atoms with Gasteiger partial charge in [-0.15, -0.1) is 0 Å². The second kappa shape index (κ2) is 7.98. The molecule has 1 saturated heterocycles. The zero-order valence-corrected chi connectivity index (χ0v) is 19.9. The van der Waals surface area contributed by atoms with Crippen LogP contribution in [0.15, 0.2) is 47.4 Å². The number of nitrogens with one attached hydrogen (secondary N) is 1. The third-order valence-electron chi connectivity index (χ3n) is 7.06. The van der Waals surface area contributed by atoms with Gasteiger partial charge in [-0.25, -0.2) is 17.2 Å². The van der Waals surface area contributed by atoms with Crippen LogP contribution in [0, 0.1) is 17.6 Å². The van der Waals surface area contributed by atoms with E-state index in [4.69, 9.17) is 11.6 Å². The van der Waals surface area contributed by atoms with E-state index in [1.165, 1.54) is 28.6 Å². The van der Waals surface area contributed by atoms with Crippen molar-refractivity contribution in [2.75, 3.05) is 6.54 Å². The van der Waals surface area contributed by atoms with Crippen LogP contribution in [0.4, 0.5) is 8.78 Å². The molecule has 2 aromatic rings. The fourth-order valence-corrected chi connectivity index (χ4v) is 9.41. The summed E-state index contributed by atoms with van der Waals surface area (Å²) in [5, 5.41) is 0.352. The molecule has 3 atom stereocenters. The first-order valence-electron chi connectivity index (χ1n) is 10.8. The number of nitrogens with zero attached hydrogens (tertiary/aromatic N) is 1. The number of halogens is 3. The quantitative estimate of drug-likeness (QED) is 0.670. The molecule has 3 aliphatic rings. The van der Waals surface area contributed by atoms with Crippen LogP contribution in [0.5, 0.6) is 0 Å². The lowest BCUT2D eigenvalue weighted by Crippen LogP contribution is -2.61. The molecule has 0 amide bonds. The molecule has 0 aromatic heterocycles. The number of sulfone groups is 1. The molecule has 1 aliphatic heterocycles.